The zero-order valence-corrected chi connectivity index (χ0v) is 19.3. The van der Waals surface area contributed by atoms with Crippen LogP contribution < -0.4 is 10.5 Å². The van der Waals surface area contributed by atoms with Gasteiger partial charge in [0.2, 0.25) is 0 Å². The van der Waals surface area contributed by atoms with Crippen molar-refractivity contribution in [3.05, 3.63) is 69.3 Å². The molecular formula is C26H30N4O3. The first-order valence-corrected chi connectivity index (χ1v) is 11.7. The number of hydrogen-bond acceptors (Lipinski definition) is 5. The minimum atomic E-state index is -0.926. The molecule has 1 aliphatic carbocycles. The maximum Gasteiger partial charge on any atom is 0.335 e. The van der Waals surface area contributed by atoms with Crippen LogP contribution >= 0.6 is 0 Å². The summed E-state index contributed by atoms with van der Waals surface area (Å²) < 4.78 is 1.71. The van der Waals surface area contributed by atoms with Gasteiger partial charge in [0.05, 0.1) is 29.1 Å². The summed E-state index contributed by atoms with van der Waals surface area (Å²) in [5, 5.41) is 9.83. The topological polar surface area (TPSA) is 78.7 Å². The number of rotatable bonds is 5. The summed E-state index contributed by atoms with van der Waals surface area (Å²) >= 11 is 0. The van der Waals surface area contributed by atoms with Crippen molar-refractivity contribution in [2.24, 2.45) is 7.05 Å². The SMILES string of the molecule is CN(c1ccc(C(=O)O)cc1)C1CCc2cc3nc(CN4CCCCC4)n(C)c(=O)c3cc21. The smallest absolute Gasteiger partial charge is 0.335 e. The molecule has 7 heteroatoms. The highest BCUT2D eigenvalue weighted by Crippen LogP contribution is 2.38. The standard InChI is InChI=1S/C26H30N4O3/c1-28(19-9-6-17(7-10-19)26(32)33)23-11-8-18-14-22-21(15-20(18)23)25(31)29(2)24(27-22)16-30-12-4-3-5-13-30/h6-7,9-10,14-15,23H,3-5,8,11-13,16H2,1-2H3,(H,32,33). The van der Waals surface area contributed by atoms with Gasteiger partial charge in [-0.1, -0.05) is 6.42 Å². The van der Waals surface area contributed by atoms with Crippen molar-refractivity contribution in [3.8, 4) is 0 Å². The highest BCUT2D eigenvalue weighted by atomic mass is 16.4. The first kappa shape index (κ1) is 21.6. The first-order valence-electron chi connectivity index (χ1n) is 11.7. The number of fused-ring (bicyclic) bond motifs is 2. The number of hydrogen-bond donors (Lipinski definition) is 1. The minimum Gasteiger partial charge on any atom is -0.478 e. The maximum absolute atomic E-state index is 13.3. The van der Waals surface area contributed by atoms with Crippen LogP contribution in [0.1, 0.15) is 59.0 Å². The number of piperidine rings is 1. The molecule has 172 valence electrons. The van der Waals surface area contributed by atoms with E-state index in [-0.39, 0.29) is 17.2 Å². The van der Waals surface area contributed by atoms with Crippen LogP contribution in [0.4, 0.5) is 5.69 Å². The summed E-state index contributed by atoms with van der Waals surface area (Å²) in [5.74, 6) is -0.0931. The Hall–Kier alpha value is -3.19. The summed E-state index contributed by atoms with van der Waals surface area (Å²) in [5.41, 5.74) is 4.44. The fourth-order valence-corrected chi connectivity index (χ4v) is 5.28. The third kappa shape index (κ3) is 4.02. The van der Waals surface area contributed by atoms with E-state index >= 15 is 0 Å². The molecule has 1 aromatic heterocycles. The van der Waals surface area contributed by atoms with E-state index in [0.717, 1.165) is 55.1 Å². The fraction of sp³-hybridized carbons (Fsp3) is 0.423. The maximum atomic E-state index is 13.3. The number of aryl methyl sites for hydroxylation is 1. The number of aromatic carboxylic acids is 1. The fourth-order valence-electron chi connectivity index (χ4n) is 5.28. The molecule has 0 radical (unpaired) electrons. The van der Waals surface area contributed by atoms with Gasteiger partial charge in [0.25, 0.3) is 5.56 Å². The number of carboxylic acid groups (broad SMARTS) is 1. The quantitative estimate of drug-likeness (QED) is 0.643. The van der Waals surface area contributed by atoms with Gasteiger partial charge in [-0.2, -0.15) is 0 Å². The lowest BCUT2D eigenvalue weighted by Gasteiger charge is -2.28. The van der Waals surface area contributed by atoms with Gasteiger partial charge in [-0.3, -0.25) is 14.3 Å². The Morgan fingerprint density at radius 2 is 1.88 bits per heavy atom. The van der Waals surface area contributed by atoms with E-state index in [9.17, 15) is 9.59 Å². The highest BCUT2D eigenvalue weighted by Gasteiger charge is 2.28. The first-order chi connectivity index (χ1) is 15.9. The van der Waals surface area contributed by atoms with Crippen LogP contribution in [0, 0.1) is 0 Å². The molecule has 2 aliphatic rings. The normalized spacial score (nSPS) is 18.4. The Balaban J connectivity index is 1.47. The highest BCUT2D eigenvalue weighted by molar-refractivity contribution is 5.88. The molecule has 33 heavy (non-hydrogen) atoms. The van der Waals surface area contributed by atoms with Crippen molar-refractivity contribution >= 4 is 22.6 Å². The number of likely N-dealkylation sites (tertiary alicyclic amines) is 1. The van der Waals surface area contributed by atoms with Gasteiger partial charge in [0.1, 0.15) is 5.82 Å². The molecule has 7 nitrogen and oxygen atoms in total. The molecule has 1 aliphatic heterocycles. The second-order valence-electron chi connectivity index (χ2n) is 9.31. The molecule has 1 saturated heterocycles. The summed E-state index contributed by atoms with van der Waals surface area (Å²) in [6, 6.07) is 11.2. The average Bonchev–Trinajstić information content (AvgIpc) is 3.24. The van der Waals surface area contributed by atoms with E-state index in [2.05, 4.69) is 15.9 Å². The van der Waals surface area contributed by atoms with Crippen molar-refractivity contribution in [3.63, 3.8) is 0 Å². The third-order valence-corrected chi connectivity index (χ3v) is 7.28. The Labute approximate surface area is 193 Å². The number of anilines is 1. The zero-order valence-electron chi connectivity index (χ0n) is 19.3. The molecule has 1 fully saturated rings. The lowest BCUT2D eigenvalue weighted by atomic mass is 10.0. The van der Waals surface area contributed by atoms with Gasteiger partial charge in [-0.05, 0) is 86.3 Å². The summed E-state index contributed by atoms with van der Waals surface area (Å²) in [6.45, 7) is 2.86. The molecule has 0 spiro atoms. The average molecular weight is 447 g/mol. The molecule has 5 rings (SSSR count). The number of carbonyl (C=O) groups is 1. The van der Waals surface area contributed by atoms with Gasteiger partial charge in [-0.15, -0.1) is 0 Å². The molecular weight excluding hydrogens is 416 g/mol. The van der Waals surface area contributed by atoms with Crippen LogP contribution in [0.2, 0.25) is 0 Å². The Morgan fingerprint density at radius 1 is 1.15 bits per heavy atom. The van der Waals surface area contributed by atoms with Crippen molar-refractivity contribution in [1.82, 2.24) is 14.5 Å². The predicted octanol–water partition coefficient (Wildman–Crippen LogP) is 3.74. The predicted molar refractivity (Wildman–Crippen MR) is 129 cm³/mol. The summed E-state index contributed by atoms with van der Waals surface area (Å²) in [4.78, 5) is 33.9. The van der Waals surface area contributed by atoms with E-state index in [1.165, 1.54) is 24.8 Å². The number of aromatic nitrogens is 2. The molecule has 2 heterocycles. The molecule has 0 bridgehead atoms. The second-order valence-corrected chi connectivity index (χ2v) is 9.31. The number of benzene rings is 2. The van der Waals surface area contributed by atoms with Crippen LogP contribution in [-0.4, -0.2) is 45.7 Å². The molecule has 2 aromatic carbocycles. The van der Waals surface area contributed by atoms with Crippen molar-refractivity contribution in [2.75, 3.05) is 25.0 Å². The molecule has 3 aromatic rings. The molecule has 1 unspecified atom stereocenters. The van der Waals surface area contributed by atoms with E-state index in [4.69, 9.17) is 10.1 Å². The van der Waals surface area contributed by atoms with Crippen LogP contribution in [0.3, 0.4) is 0 Å². The third-order valence-electron chi connectivity index (χ3n) is 7.28. The number of carboxylic acids is 1. The molecule has 1 N–H and O–H groups in total. The Bertz CT molecular complexity index is 1260. The van der Waals surface area contributed by atoms with Gasteiger partial charge in [0, 0.05) is 19.8 Å². The van der Waals surface area contributed by atoms with Crippen molar-refractivity contribution in [1.29, 1.82) is 0 Å². The molecule has 1 atom stereocenters. The van der Waals surface area contributed by atoms with Crippen molar-refractivity contribution < 1.29 is 9.90 Å². The van der Waals surface area contributed by atoms with Gasteiger partial charge in [-0.25, -0.2) is 9.78 Å². The minimum absolute atomic E-state index is 0.00826. The lowest BCUT2D eigenvalue weighted by Crippen LogP contribution is -2.33. The molecule has 0 saturated carbocycles. The van der Waals surface area contributed by atoms with E-state index in [1.54, 1.807) is 16.7 Å². The lowest BCUT2D eigenvalue weighted by molar-refractivity contribution is 0.0697. The monoisotopic (exact) mass is 446 g/mol. The largest absolute Gasteiger partial charge is 0.478 e. The van der Waals surface area contributed by atoms with Crippen LogP contribution in [0.25, 0.3) is 10.9 Å². The van der Waals surface area contributed by atoms with E-state index in [0.29, 0.717) is 5.39 Å². The molecule has 0 amide bonds. The Morgan fingerprint density at radius 3 is 2.58 bits per heavy atom. The van der Waals surface area contributed by atoms with Crippen LogP contribution in [0.15, 0.2) is 41.2 Å². The Kier molecular flexibility index (Phi) is 5.66. The van der Waals surface area contributed by atoms with Crippen LogP contribution in [-0.2, 0) is 20.0 Å². The zero-order chi connectivity index (χ0) is 23.1. The van der Waals surface area contributed by atoms with E-state index in [1.807, 2.05) is 32.3 Å². The summed E-state index contributed by atoms with van der Waals surface area (Å²) in [7, 11) is 3.85. The van der Waals surface area contributed by atoms with Crippen LogP contribution in [0.5, 0.6) is 0 Å². The van der Waals surface area contributed by atoms with E-state index < -0.39 is 5.97 Å². The van der Waals surface area contributed by atoms with Crippen molar-refractivity contribution in [2.45, 2.75) is 44.7 Å². The summed E-state index contributed by atoms with van der Waals surface area (Å²) in [6.07, 6.45) is 5.59. The van der Waals surface area contributed by atoms with Gasteiger partial charge >= 0.3 is 5.97 Å². The number of nitrogens with zero attached hydrogens (tertiary/aromatic N) is 4. The second kappa shape index (κ2) is 8.63. The van der Waals surface area contributed by atoms with Gasteiger partial charge in [0.15, 0.2) is 0 Å². The van der Waals surface area contributed by atoms with Gasteiger partial charge < -0.3 is 10.0 Å².